The van der Waals surface area contributed by atoms with Crippen molar-refractivity contribution in [2.45, 2.75) is 25.8 Å². The van der Waals surface area contributed by atoms with Gasteiger partial charge in [-0.2, -0.15) is 0 Å². The average molecular weight is 264 g/mol. The predicted octanol–water partition coefficient (Wildman–Crippen LogP) is 0.825. The van der Waals surface area contributed by atoms with E-state index in [2.05, 4.69) is 10.6 Å². The number of nitrogens with one attached hydrogen (secondary N) is 2. The smallest absolute Gasteiger partial charge is 0.251 e. The summed E-state index contributed by atoms with van der Waals surface area (Å²) in [6.07, 6.45) is 1.77. The number of rotatable bonds is 7. The highest BCUT2D eigenvalue weighted by molar-refractivity contribution is 5.93. The summed E-state index contributed by atoms with van der Waals surface area (Å²) in [5.41, 5.74) is 1.55. The first kappa shape index (κ1) is 15.2. The van der Waals surface area contributed by atoms with Crippen LogP contribution in [-0.2, 0) is 11.3 Å². The molecule has 1 aromatic rings. The fourth-order valence-electron chi connectivity index (χ4n) is 1.60. The second-order valence-corrected chi connectivity index (χ2v) is 4.23. The molecule has 2 amide bonds. The fraction of sp³-hybridized carbons (Fsp3) is 0.429. The molecule has 0 heterocycles. The van der Waals surface area contributed by atoms with Gasteiger partial charge in [-0.1, -0.05) is 12.1 Å². The Labute approximate surface area is 113 Å². The number of aliphatic hydroxyl groups excluding tert-OH is 1. The van der Waals surface area contributed by atoms with Crippen LogP contribution in [0.25, 0.3) is 0 Å². The second kappa shape index (κ2) is 8.26. The maximum atomic E-state index is 11.5. The number of benzene rings is 1. The van der Waals surface area contributed by atoms with Gasteiger partial charge in [0.1, 0.15) is 0 Å². The largest absolute Gasteiger partial charge is 0.396 e. The Morgan fingerprint density at radius 1 is 1.16 bits per heavy atom. The predicted molar refractivity (Wildman–Crippen MR) is 72.6 cm³/mol. The summed E-state index contributed by atoms with van der Waals surface area (Å²) >= 11 is 0. The average Bonchev–Trinajstić information content (AvgIpc) is 2.45. The molecule has 19 heavy (non-hydrogen) atoms. The van der Waals surface area contributed by atoms with Gasteiger partial charge in [-0.15, -0.1) is 0 Å². The van der Waals surface area contributed by atoms with Crippen LogP contribution < -0.4 is 10.6 Å². The third kappa shape index (κ3) is 5.52. The molecule has 1 aromatic carbocycles. The minimum atomic E-state index is -0.125. The first-order chi connectivity index (χ1) is 9.17. The SMILES string of the molecule is CNC(=O)c1ccc(CNC(=O)CCCCO)cc1. The minimum Gasteiger partial charge on any atom is -0.396 e. The maximum Gasteiger partial charge on any atom is 0.251 e. The summed E-state index contributed by atoms with van der Waals surface area (Å²) in [6, 6.07) is 7.09. The van der Waals surface area contributed by atoms with Crippen molar-refractivity contribution in [2.24, 2.45) is 0 Å². The summed E-state index contributed by atoms with van der Waals surface area (Å²) in [5.74, 6) is -0.150. The van der Waals surface area contributed by atoms with E-state index in [1.54, 1.807) is 19.2 Å². The topological polar surface area (TPSA) is 78.4 Å². The molecule has 0 bridgehead atoms. The van der Waals surface area contributed by atoms with Crippen LogP contribution in [0, 0.1) is 0 Å². The zero-order valence-corrected chi connectivity index (χ0v) is 11.1. The van der Waals surface area contributed by atoms with E-state index in [1.807, 2.05) is 12.1 Å². The van der Waals surface area contributed by atoms with Crippen molar-refractivity contribution in [3.05, 3.63) is 35.4 Å². The normalized spacial score (nSPS) is 10.0. The third-order valence-electron chi connectivity index (χ3n) is 2.74. The van der Waals surface area contributed by atoms with E-state index < -0.39 is 0 Å². The number of carbonyl (C=O) groups is 2. The van der Waals surface area contributed by atoms with E-state index in [4.69, 9.17) is 5.11 Å². The first-order valence-corrected chi connectivity index (χ1v) is 6.36. The van der Waals surface area contributed by atoms with Crippen LogP contribution in [0.2, 0.25) is 0 Å². The highest BCUT2D eigenvalue weighted by atomic mass is 16.3. The van der Waals surface area contributed by atoms with Crippen LogP contribution in [-0.4, -0.2) is 30.6 Å². The Balaban J connectivity index is 2.37. The number of carbonyl (C=O) groups excluding carboxylic acids is 2. The van der Waals surface area contributed by atoms with Crippen molar-refractivity contribution in [1.82, 2.24) is 10.6 Å². The Bertz CT molecular complexity index is 415. The zero-order chi connectivity index (χ0) is 14.1. The standard InChI is InChI=1S/C14H20N2O3/c1-15-14(19)12-7-5-11(6-8-12)10-16-13(18)4-2-3-9-17/h5-8,17H,2-4,9-10H2,1H3,(H,15,19)(H,16,18). The molecule has 0 saturated carbocycles. The second-order valence-electron chi connectivity index (χ2n) is 4.23. The molecule has 5 nitrogen and oxygen atoms in total. The molecule has 0 unspecified atom stereocenters. The van der Waals surface area contributed by atoms with Gasteiger partial charge in [0.25, 0.3) is 5.91 Å². The first-order valence-electron chi connectivity index (χ1n) is 6.36. The van der Waals surface area contributed by atoms with E-state index in [-0.39, 0.29) is 18.4 Å². The number of hydrogen-bond acceptors (Lipinski definition) is 3. The Morgan fingerprint density at radius 3 is 2.42 bits per heavy atom. The summed E-state index contributed by atoms with van der Waals surface area (Å²) in [4.78, 5) is 22.8. The van der Waals surface area contributed by atoms with Gasteiger partial charge in [0, 0.05) is 32.2 Å². The van der Waals surface area contributed by atoms with Gasteiger partial charge >= 0.3 is 0 Å². The Hall–Kier alpha value is -1.88. The van der Waals surface area contributed by atoms with Crippen LogP contribution in [0.15, 0.2) is 24.3 Å². The van der Waals surface area contributed by atoms with Crippen LogP contribution >= 0.6 is 0 Å². The molecule has 0 aromatic heterocycles. The van der Waals surface area contributed by atoms with Crippen molar-refractivity contribution in [3.63, 3.8) is 0 Å². The lowest BCUT2D eigenvalue weighted by atomic mass is 10.1. The van der Waals surface area contributed by atoms with E-state index in [1.165, 1.54) is 0 Å². The minimum absolute atomic E-state index is 0.0242. The van der Waals surface area contributed by atoms with Gasteiger partial charge in [0.05, 0.1) is 0 Å². The van der Waals surface area contributed by atoms with Gasteiger partial charge in [-0.05, 0) is 30.5 Å². The van der Waals surface area contributed by atoms with Gasteiger partial charge < -0.3 is 15.7 Å². The summed E-state index contributed by atoms with van der Waals surface area (Å²) in [5, 5.41) is 14.0. The molecule has 0 aliphatic heterocycles. The summed E-state index contributed by atoms with van der Waals surface area (Å²) < 4.78 is 0. The lowest BCUT2D eigenvalue weighted by Gasteiger charge is -2.06. The zero-order valence-electron chi connectivity index (χ0n) is 11.1. The molecule has 0 aliphatic carbocycles. The molecule has 0 spiro atoms. The van der Waals surface area contributed by atoms with E-state index >= 15 is 0 Å². The molecule has 0 atom stereocenters. The Kier molecular flexibility index (Phi) is 6.60. The van der Waals surface area contributed by atoms with Crippen molar-refractivity contribution in [1.29, 1.82) is 0 Å². The molecule has 0 fully saturated rings. The molecular weight excluding hydrogens is 244 g/mol. The van der Waals surface area contributed by atoms with Gasteiger partial charge in [0.15, 0.2) is 0 Å². The molecule has 1 rings (SSSR count). The van der Waals surface area contributed by atoms with Crippen LogP contribution in [0.5, 0.6) is 0 Å². The fourth-order valence-corrected chi connectivity index (χ4v) is 1.60. The lowest BCUT2D eigenvalue weighted by Crippen LogP contribution is -2.22. The van der Waals surface area contributed by atoms with Crippen LogP contribution in [0.3, 0.4) is 0 Å². The van der Waals surface area contributed by atoms with Gasteiger partial charge in [-0.25, -0.2) is 0 Å². The number of hydrogen-bond donors (Lipinski definition) is 3. The van der Waals surface area contributed by atoms with E-state index in [0.29, 0.717) is 31.4 Å². The quantitative estimate of drug-likeness (QED) is 0.638. The molecule has 3 N–H and O–H groups in total. The van der Waals surface area contributed by atoms with Crippen molar-refractivity contribution in [3.8, 4) is 0 Å². The summed E-state index contributed by atoms with van der Waals surface area (Å²) in [7, 11) is 1.59. The molecule has 0 aliphatic rings. The molecule has 0 radical (unpaired) electrons. The monoisotopic (exact) mass is 264 g/mol. The molecule has 104 valence electrons. The number of aliphatic hydroxyl groups is 1. The van der Waals surface area contributed by atoms with Crippen molar-refractivity contribution >= 4 is 11.8 Å². The number of unbranched alkanes of at least 4 members (excludes halogenated alkanes) is 1. The maximum absolute atomic E-state index is 11.5. The number of amides is 2. The third-order valence-corrected chi connectivity index (χ3v) is 2.74. The van der Waals surface area contributed by atoms with Gasteiger partial charge in [0.2, 0.25) is 5.91 Å². The molecular formula is C14H20N2O3. The highest BCUT2D eigenvalue weighted by Crippen LogP contribution is 2.04. The molecule has 5 heteroatoms. The highest BCUT2D eigenvalue weighted by Gasteiger charge is 2.04. The van der Waals surface area contributed by atoms with Crippen LogP contribution in [0.1, 0.15) is 35.2 Å². The lowest BCUT2D eigenvalue weighted by molar-refractivity contribution is -0.121. The van der Waals surface area contributed by atoms with Crippen LogP contribution in [0.4, 0.5) is 0 Å². The Morgan fingerprint density at radius 2 is 1.84 bits per heavy atom. The van der Waals surface area contributed by atoms with Gasteiger partial charge in [-0.3, -0.25) is 9.59 Å². The van der Waals surface area contributed by atoms with Crippen molar-refractivity contribution in [2.75, 3.05) is 13.7 Å². The van der Waals surface area contributed by atoms with E-state index in [9.17, 15) is 9.59 Å². The molecule has 0 saturated heterocycles. The van der Waals surface area contributed by atoms with E-state index in [0.717, 1.165) is 5.56 Å². The van der Waals surface area contributed by atoms with Crippen molar-refractivity contribution < 1.29 is 14.7 Å². The summed E-state index contributed by atoms with van der Waals surface area (Å²) in [6.45, 7) is 0.570.